The molecule has 0 spiro atoms. The number of nitrogens with one attached hydrogen (secondary N) is 2. The van der Waals surface area contributed by atoms with Crippen LogP contribution in [0.1, 0.15) is 128 Å². The van der Waals surface area contributed by atoms with Gasteiger partial charge >= 0.3 is 0 Å². The van der Waals surface area contributed by atoms with E-state index in [0.29, 0.717) is 82.5 Å². The zero-order valence-electron chi connectivity index (χ0n) is 48.4. The predicted molar refractivity (Wildman–Crippen MR) is 313 cm³/mol. The second-order valence-electron chi connectivity index (χ2n) is 22.9. The van der Waals surface area contributed by atoms with Crippen molar-refractivity contribution in [3.63, 3.8) is 0 Å². The van der Waals surface area contributed by atoms with E-state index in [4.69, 9.17) is 28.7 Å². The van der Waals surface area contributed by atoms with Crippen LogP contribution in [0.3, 0.4) is 0 Å². The molecule has 5 N–H and O–H groups in total. The molecule has 3 aliphatic rings. The lowest BCUT2D eigenvalue weighted by atomic mass is 9.76. The van der Waals surface area contributed by atoms with Gasteiger partial charge in [-0.05, 0) is 109 Å². The summed E-state index contributed by atoms with van der Waals surface area (Å²) in [7, 11) is 0. The normalized spacial score (nSPS) is 17.6. The van der Waals surface area contributed by atoms with Gasteiger partial charge in [-0.2, -0.15) is 0 Å². The molecule has 1 saturated heterocycles. The van der Waals surface area contributed by atoms with E-state index in [9.17, 15) is 34.5 Å². The van der Waals surface area contributed by atoms with Crippen molar-refractivity contribution in [2.24, 2.45) is 11.3 Å². The number of aliphatic hydroxyl groups excluding tert-OH is 3. The number of carbonyl (C=O) groups excluding carboxylic acids is 4. The number of hydrogen-bond donors (Lipinski definition) is 5. The van der Waals surface area contributed by atoms with Gasteiger partial charge in [0.25, 0.3) is 5.91 Å². The van der Waals surface area contributed by atoms with E-state index in [-0.39, 0.29) is 87.9 Å². The van der Waals surface area contributed by atoms with Crippen LogP contribution in [0.2, 0.25) is 0 Å². The molecule has 1 fully saturated rings. The Morgan fingerprint density at radius 1 is 0.854 bits per heavy atom. The number of rotatable bonds is 33. The summed E-state index contributed by atoms with van der Waals surface area (Å²) >= 11 is 1.60. The number of fused-ring (bicyclic) bond motifs is 2. The number of thiazole rings is 1. The number of nitrogens with zero attached hydrogens (tertiary/aromatic N) is 4. The fraction of sp³-hybridized carbons (Fsp3) is 0.556. The number of hydrogen-bond acceptors (Lipinski definition) is 16. The molecule has 19 heteroatoms. The first-order valence-corrected chi connectivity index (χ1v) is 30.0. The van der Waals surface area contributed by atoms with Gasteiger partial charge in [0.05, 0.1) is 106 Å². The van der Waals surface area contributed by atoms with Crippen molar-refractivity contribution in [2.45, 2.75) is 143 Å². The van der Waals surface area contributed by atoms with Gasteiger partial charge in [-0.15, -0.1) is 11.3 Å². The van der Waals surface area contributed by atoms with E-state index in [1.807, 2.05) is 64.4 Å². The smallest absolute Gasteiger partial charge is 0.251 e. The molecule has 0 radical (unpaired) electrons. The summed E-state index contributed by atoms with van der Waals surface area (Å²) < 4.78 is 30.8. The van der Waals surface area contributed by atoms with Crippen LogP contribution in [-0.2, 0) is 65.7 Å². The number of benzene rings is 3. The van der Waals surface area contributed by atoms with Gasteiger partial charge < -0.3 is 54.2 Å². The number of ketones is 2. The zero-order valence-corrected chi connectivity index (χ0v) is 49.2. The highest BCUT2D eigenvalue weighted by Crippen LogP contribution is 2.38. The van der Waals surface area contributed by atoms with Crippen molar-refractivity contribution in [2.75, 3.05) is 72.6 Å². The van der Waals surface area contributed by atoms with E-state index in [2.05, 4.69) is 44.6 Å². The molecule has 1 aliphatic carbocycles. The number of Topliss-reactive ketones (excluding diaryl/α,β-unsaturated/α-hetero) is 2. The topological polar surface area (TPSA) is 233 Å². The number of ether oxygens (including phenoxy) is 5. The minimum atomic E-state index is -1.09. The largest absolute Gasteiger partial charge is 0.493 e. The maximum absolute atomic E-state index is 13.7. The Bertz CT molecular complexity index is 2900. The number of β-amino-alcohol motifs (C(OH)–C–C–N with tert-alkyl or cyclic N) is 1. The number of aromatic nitrogens is 3. The van der Waals surface area contributed by atoms with Gasteiger partial charge in [0.1, 0.15) is 29.4 Å². The zero-order chi connectivity index (χ0) is 58.2. The molecule has 82 heavy (non-hydrogen) atoms. The second-order valence-corrected chi connectivity index (χ2v) is 23.8. The Hall–Kier alpha value is -5.74. The third kappa shape index (κ3) is 17.2. The first kappa shape index (κ1) is 62.3. The molecular formula is C63H84N6O12S. The second kappa shape index (κ2) is 30.2. The maximum Gasteiger partial charge on any atom is 0.251 e. The van der Waals surface area contributed by atoms with E-state index in [0.717, 1.165) is 82.1 Å². The van der Waals surface area contributed by atoms with Crippen molar-refractivity contribution in [3.05, 3.63) is 111 Å². The number of carbonyl (C=O) groups is 4. The molecule has 444 valence electrons. The van der Waals surface area contributed by atoms with Crippen LogP contribution in [0.5, 0.6) is 5.75 Å². The highest BCUT2D eigenvalue weighted by molar-refractivity contribution is 7.13. The molecule has 2 aliphatic heterocycles. The number of imidazole rings is 1. The third-order valence-electron chi connectivity index (χ3n) is 16.0. The quantitative estimate of drug-likeness (QED) is 0.0257. The van der Waals surface area contributed by atoms with E-state index >= 15 is 0 Å². The van der Waals surface area contributed by atoms with Crippen molar-refractivity contribution in [3.8, 4) is 27.4 Å². The highest BCUT2D eigenvalue weighted by atomic mass is 32.1. The number of amides is 2. The number of aryl methyl sites for hydroxylation is 5. The molecule has 1 unspecified atom stereocenters. The Balaban J connectivity index is 0.631. The lowest BCUT2D eigenvalue weighted by molar-refractivity contribution is -0.136. The Morgan fingerprint density at radius 3 is 2.24 bits per heavy atom. The summed E-state index contributed by atoms with van der Waals surface area (Å²) in [5, 5.41) is 38.7. The van der Waals surface area contributed by atoms with E-state index < -0.39 is 29.7 Å². The molecule has 4 heterocycles. The van der Waals surface area contributed by atoms with E-state index in [1.54, 1.807) is 28.4 Å². The fourth-order valence-electron chi connectivity index (χ4n) is 11.1. The molecule has 8 rings (SSSR count). The molecule has 5 aromatic rings. The van der Waals surface area contributed by atoms with E-state index in [1.165, 1.54) is 5.56 Å². The van der Waals surface area contributed by atoms with Crippen LogP contribution in [0.15, 0.2) is 66.3 Å². The standard InChI is InChI=1S/C63H84N6O12S/c1-41-48(39-70)32-47(61(75)67-53-17-16-44-14-15-46(33-51(44)53)54-38-68-22-6-8-58(68)66-54)34-57(41)81-23-7-21-64-59(74)20-25-78-27-29-80-31-30-79-28-26-77-24-19-49(71)35-52(63(3,4)5)62(76)69-37-50(72)36-55(69)56(73)18-11-43-9-12-45(13-10-43)60-42(2)65-40-82-60/h9-10,12-15,32-34,38,40,50,52-53,55,62,70,72,76H,6-8,11,16-31,35-37,39H2,1-5H3,(H,64,74)(H,67,75)/t50-,52-,53-,55+,62?/m1/s1. The summed E-state index contributed by atoms with van der Waals surface area (Å²) in [6.45, 7) is 13.8. The first-order valence-electron chi connectivity index (χ1n) is 29.2. The van der Waals surface area contributed by atoms with Crippen molar-refractivity contribution in [1.29, 1.82) is 0 Å². The molecule has 18 nitrogen and oxygen atoms in total. The molecule has 0 saturated carbocycles. The van der Waals surface area contributed by atoms with Crippen LogP contribution in [-0.4, -0.2) is 149 Å². The average molecular weight is 1150 g/mol. The minimum Gasteiger partial charge on any atom is -0.493 e. The fourth-order valence-corrected chi connectivity index (χ4v) is 12.0. The SMILES string of the molecule is Cc1ncsc1-c1ccc(CCC(=O)[C@@H]2C[C@@H](O)CN2C(O)[C@@H](CC(=O)CCOCCOCCOCCOCCC(=O)NCCCOc2cc(C(=O)N[C@@H]3CCc4ccc(-c5cn6c(n5)CCC6)cc43)cc(CO)c2C)C(C)(C)C)cc1. The Kier molecular flexibility index (Phi) is 22.9. The maximum atomic E-state index is 13.7. The van der Waals surface area contributed by atoms with Crippen molar-refractivity contribution < 1.29 is 58.2 Å². The monoisotopic (exact) mass is 1150 g/mol. The molecular weight excluding hydrogens is 1060 g/mol. The van der Waals surface area contributed by atoms with Crippen LogP contribution in [0.4, 0.5) is 0 Å². The van der Waals surface area contributed by atoms with Crippen LogP contribution in [0, 0.1) is 25.2 Å². The number of likely N-dealkylation sites (tertiary alicyclic amines) is 1. The molecule has 3 aromatic carbocycles. The van der Waals surface area contributed by atoms with Gasteiger partial charge in [-0.3, -0.25) is 24.1 Å². The van der Waals surface area contributed by atoms with Gasteiger partial charge in [-0.25, -0.2) is 9.97 Å². The molecule has 0 bridgehead atoms. The van der Waals surface area contributed by atoms with Crippen LogP contribution in [0.25, 0.3) is 21.7 Å². The summed E-state index contributed by atoms with van der Waals surface area (Å²) in [6.07, 6.45) is 6.18. The lowest BCUT2D eigenvalue weighted by Crippen LogP contribution is -2.50. The lowest BCUT2D eigenvalue weighted by Gasteiger charge is -2.40. The summed E-state index contributed by atoms with van der Waals surface area (Å²) in [6, 6.07) is 17.2. The summed E-state index contributed by atoms with van der Waals surface area (Å²) in [5.41, 5.74) is 10.6. The van der Waals surface area contributed by atoms with Crippen LogP contribution < -0.4 is 15.4 Å². The van der Waals surface area contributed by atoms with Gasteiger partial charge in [0.15, 0.2) is 0 Å². The first-order chi connectivity index (χ1) is 39.6. The third-order valence-corrected chi connectivity index (χ3v) is 16.9. The van der Waals surface area contributed by atoms with Gasteiger partial charge in [-0.1, -0.05) is 57.2 Å². The number of aliphatic hydroxyl groups is 3. The van der Waals surface area contributed by atoms with Crippen molar-refractivity contribution in [1.82, 2.24) is 30.1 Å². The van der Waals surface area contributed by atoms with Crippen molar-refractivity contribution >= 4 is 34.7 Å². The summed E-state index contributed by atoms with van der Waals surface area (Å²) in [5.74, 6) is 0.703. The van der Waals surface area contributed by atoms with Gasteiger partial charge in [0.2, 0.25) is 5.91 Å². The predicted octanol–water partition coefficient (Wildman–Crippen LogP) is 7.45. The molecule has 5 atom stereocenters. The minimum absolute atomic E-state index is 0.0343. The Labute approximate surface area is 486 Å². The highest BCUT2D eigenvalue weighted by Gasteiger charge is 2.44. The molecule has 2 aromatic heterocycles. The summed E-state index contributed by atoms with van der Waals surface area (Å²) in [4.78, 5) is 65.0. The molecule has 2 amide bonds. The van der Waals surface area contributed by atoms with Crippen LogP contribution >= 0.6 is 11.3 Å². The average Bonchev–Trinajstić information content (AvgIpc) is 4.29. The van der Waals surface area contributed by atoms with Gasteiger partial charge in [0, 0.05) is 75.0 Å². The Morgan fingerprint density at radius 2 is 1.56 bits per heavy atom.